The predicted octanol–water partition coefficient (Wildman–Crippen LogP) is 2.95. The lowest BCUT2D eigenvalue weighted by atomic mass is 10.0. The van der Waals surface area contributed by atoms with Crippen LogP contribution in [0.1, 0.15) is 36.8 Å². The summed E-state index contributed by atoms with van der Waals surface area (Å²) in [5.74, 6) is 0.115. The van der Waals surface area contributed by atoms with Gasteiger partial charge in [-0.2, -0.15) is 13.2 Å². The number of nitrogens with one attached hydrogen (secondary N) is 1. The number of likely N-dealkylation sites (tertiary alicyclic amines) is 1. The van der Waals surface area contributed by atoms with Crippen LogP contribution in [0.25, 0.3) is 0 Å². The monoisotopic (exact) mass is 312 g/mol. The van der Waals surface area contributed by atoms with E-state index in [9.17, 15) is 18.0 Å². The summed E-state index contributed by atoms with van der Waals surface area (Å²) in [6.45, 7) is 1.51. The molecule has 1 N–H and O–H groups in total. The Balaban J connectivity index is 1.67. The Morgan fingerprint density at radius 2 is 1.91 bits per heavy atom. The normalized spacial score (nSPS) is 26.4. The zero-order valence-electron chi connectivity index (χ0n) is 12.2. The van der Waals surface area contributed by atoms with Gasteiger partial charge in [-0.15, -0.1) is 0 Å². The fraction of sp³-hybridized carbons (Fsp3) is 0.562. The fourth-order valence-electron chi connectivity index (χ4n) is 3.45. The predicted molar refractivity (Wildman–Crippen MR) is 76.0 cm³/mol. The van der Waals surface area contributed by atoms with E-state index in [4.69, 9.17) is 0 Å². The number of carbonyl (C=O) groups excluding carboxylic acids is 1. The number of alkyl halides is 3. The van der Waals surface area contributed by atoms with Crippen molar-refractivity contribution in [2.75, 3.05) is 6.54 Å². The molecular formula is C16H19F3N2O. The summed E-state index contributed by atoms with van der Waals surface area (Å²) >= 11 is 0. The van der Waals surface area contributed by atoms with Gasteiger partial charge >= 0.3 is 6.18 Å². The lowest BCUT2D eigenvalue weighted by Crippen LogP contribution is -2.42. The molecule has 1 aromatic rings. The first-order valence-corrected chi connectivity index (χ1v) is 7.63. The zero-order chi connectivity index (χ0) is 15.7. The molecule has 1 aromatic carbocycles. The maximum Gasteiger partial charge on any atom is 0.416 e. The van der Waals surface area contributed by atoms with Gasteiger partial charge in [0, 0.05) is 31.6 Å². The molecule has 0 aliphatic carbocycles. The van der Waals surface area contributed by atoms with Gasteiger partial charge in [0.15, 0.2) is 0 Å². The van der Waals surface area contributed by atoms with Crippen molar-refractivity contribution < 1.29 is 18.0 Å². The van der Waals surface area contributed by atoms with Gasteiger partial charge < -0.3 is 5.32 Å². The molecule has 0 bridgehead atoms. The Kier molecular flexibility index (Phi) is 4.12. The van der Waals surface area contributed by atoms with Crippen LogP contribution in [0.5, 0.6) is 0 Å². The van der Waals surface area contributed by atoms with Crippen molar-refractivity contribution in [3.05, 3.63) is 35.4 Å². The number of hydrogen-bond acceptors (Lipinski definition) is 2. The molecule has 22 heavy (non-hydrogen) atoms. The largest absolute Gasteiger partial charge is 0.416 e. The minimum absolute atomic E-state index is 0.115. The van der Waals surface area contributed by atoms with Gasteiger partial charge in [0.2, 0.25) is 5.91 Å². The van der Waals surface area contributed by atoms with E-state index < -0.39 is 11.7 Å². The second-order valence-electron chi connectivity index (χ2n) is 6.09. The molecule has 2 aliphatic heterocycles. The van der Waals surface area contributed by atoms with E-state index in [1.165, 1.54) is 0 Å². The molecule has 2 unspecified atom stereocenters. The molecule has 0 aromatic heterocycles. The summed E-state index contributed by atoms with van der Waals surface area (Å²) < 4.78 is 37.7. The Hall–Kier alpha value is -1.56. The number of halogens is 3. The highest BCUT2D eigenvalue weighted by Gasteiger charge is 2.36. The van der Waals surface area contributed by atoms with Crippen molar-refractivity contribution >= 4 is 5.91 Å². The fourth-order valence-corrected chi connectivity index (χ4v) is 3.45. The van der Waals surface area contributed by atoms with Gasteiger partial charge in [-0.1, -0.05) is 12.1 Å². The summed E-state index contributed by atoms with van der Waals surface area (Å²) in [6.07, 6.45) is -0.971. The molecule has 1 amide bonds. The van der Waals surface area contributed by atoms with E-state index in [0.29, 0.717) is 19.0 Å². The summed E-state index contributed by atoms with van der Waals surface area (Å²) in [6, 6.07) is 5.85. The Labute approximate surface area is 127 Å². The molecule has 0 radical (unpaired) electrons. The summed E-state index contributed by atoms with van der Waals surface area (Å²) in [5.41, 5.74) is 0.265. The lowest BCUT2D eigenvalue weighted by molar-refractivity contribution is -0.137. The van der Waals surface area contributed by atoms with Crippen molar-refractivity contribution in [1.82, 2.24) is 10.2 Å². The van der Waals surface area contributed by atoms with Crippen LogP contribution >= 0.6 is 0 Å². The SMILES string of the molecule is O=C1CCCC2C(CCN2Cc2ccc(C(F)(F)F)cc2)N1. The summed E-state index contributed by atoms with van der Waals surface area (Å²) in [5, 5.41) is 3.06. The molecule has 6 heteroatoms. The minimum Gasteiger partial charge on any atom is -0.352 e. The highest BCUT2D eigenvalue weighted by Crippen LogP contribution is 2.30. The Morgan fingerprint density at radius 1 is 1.18 bits per heavy atom. The van der Waals surface area contributed by atoms with Crippen LogP contribution in [0.15, 0.2) is 24.3 Å². The number of fused-ring (bicyclic) bond motifs is 1. The second-order valence-corrected chi connectivity index (χ2v) is 6.09. The molecule has 2 saturated heterocycles. The van der Waals surface area contributed by atoms with Crippen molar-refractivity contribution in [1.29, 1.82) is 0 Å². The Bertz CT molecular complexity index is 541. The third-order valence-electron chi connectivity index (χ3n) is 4.58. The number of benzene rings is 1. The van der Waals surface area contributed by atoms with Gasteiger partial charge in [0.1, 0.15) is 0 Å². The maximum absolute atomic E-state index is 12.6. The molecule has 3 nitrogen and oxygen atoms in total. The Morgan fingerprint density at radius 3 is 2.59 bits per heavy atom. The van der Waals surface area contributed by atoms with Gasteiger partial charge in [0.05, 0.1) is 5.56 Å². The molecule has 0 saturated carbocycles. The number of nitrogens with zero attached hydrogens (tertiary/aromatic N) is 1. The maximum atomic E-state index is 12.6. The number of amides is 1. The molecule has 0 spiro atoms. The molecular weight excluding hydrogens is 293 g/mol. The van der Waals surface area contributed by atoms with Crippen molar-refractivity contribution in [3.63, 3.8) is 0 Å². The van der Waals surface area contributed by atoms with Crippen LogP contribution in [-0.2, 0) is 17.5 Å². The number of carbonyl (C=O) groups is 1. The topological polar surface area (TPSA) is 32.3 Å². The molecule has 2 heterocycles. The van der Waals surface area contributed by atoms with Crippen molar-refractivity contribution in [2.24, 2.45) is 0 Å². The molecule has 120 valence electrons. The molecule has 2 fully saturated rings. The van der Waals surface area contributed by atoms with E-state index in [1.54, 1.807) is 12.1 Å². The van der Waals surface area contributed by atoms with Gasteiger partial charge in [-0.05, 0) is 37.0 Å². The van der Waals surface area contributed by atoms with Crippen LogP contribution in [0.4, 0.5) is 13.2 Å². The summed E-state index contributed by atoms with van der Waals surface area (Å²) in [7, 11) is 0. The number of hydrogen-bond donors (Lipinski definition) is 1. The van der Waals surface area contributed by atoms with Crippen LogP contribution in [0, 0.1) is 0 Å². The van der Waals surface area contributed by atoms with E-state index in [0.717, 1.165) is 43.5 Å². The summed E-state index contributed by atoms with van der Waals surface area (Å²) in [4.78, 5) is 13.9. The quantitative estimate of drug-likeness (QED) is 0.910. The molecule has 3 rings (SSSR count). The van der Waals surface area contributed by atoms with Gasteiger partial charge in [-0.3, -0.25) is 9.69 Å². The van der Waals surface area contributed by atoms with E-state index >= 15 is 0 Å². The average Bonchev–Trinajstić information content (AvgIpc) is 2.71. The van der Waals surface area contributed by atoms with Crippen LogP contribution in [-0.4, -0.2) is 29.4 Å². The van der Waals surface area contributed by atoms with E-state index in [2.05, 4.69) is 10.2 Å². The first-order valence-electron chi connectivity index (χ1n) is 7.63. The van der Waals surface area contributed by atoms with E-state index in [-0.39, 0.29) is 11.9 Å². The third kappa shape index (κ3) is 3.27. The first kappa shape index (κ1) is 15.3. The van der Waals surface area contributed by atoms with Crippen LogP contribution in [0.3, 0.4) is 0 Å². The van der Waals surface area contributed by atoms with E-state index in [1.807, 2.05) is 0 Å². The van der Waals surface area contributed by atoms with Crippen molar-refractivity contribution in [3.8, 4) is 0 Å². The highest BCUT2D eigenvalue weighted by atomic mass is 19.4. The molecule has 2 atom stereocenters. The van der Waals surface area contributed by atoms with Crippen LogP contribution < -0.4 is 5.32 Å². The van der Waals surface area contributed by atoms with Crippen LogP contribution in [0.2, 0.25) is 0 Å². The first-order chi connectivity index (χ1) is 10.4. The minimum atomic E-state index is -4.29. The third-order valence-corrected chi connectivity index (χ3v) is 4.58. The highest BCUT2D eigenvalue weighted by molar-refractivity contribution is 5.76. The standard InChI is InChI=1S/C16H19F3N2O/c17-16(18,19)12-6-4-11(5-7-12)10-21-9-8-13-14(21)2-1-3-15(22)20-13/h4-7,13-14H,1-3,8-10H2,(H,20,22). The van der Waals surface area contributed by atoms with Gasteiger partial charge in [-0.25, -0.2) is 0 Å². The van der Waals surface area contributed by atoms with Crippen molar-refractivity contribution in [2.45, 2.75) is 50.5 Å². The van der Waals surface area contributed by atoms with Gasteiger partial charge in [0.25, 0.3) is 0 Å². The average molecular weight is 312 g/mol. The number of rotatable bonds is 2. The lowest BCUT2D eigenvalue weighted by Gasteiger charge is -2.26. The second kappa shape index (κ2) is 5.91. The molecule has 2 aliphatic rings. The zero-order valence-corrected chi connectivity index (χ0v) is 12.2. The smallest absolute Gasteiger partial charge is 0.352 e.